The molecule has 1 heterocycles. The molecule has 0 aliphatic carbocycles. The molecular formula is C22H24N2O3. The minimum Gasteiger partial charge on any atom is -0.494 e. The lowest BCUT2D eigenvalue weighted by atomic mass is 9.89. The Balaban J connectivity index is 1.88. The summed E-state index contributed by atoms with van der Waals surface area (Å²) in [5, 5.41) is 5.58. The van der Waals surface area contributed by atoms with E-state index in [0.29, 0.717) is 23.4 Å². The van der Waals surface area contributed by atoms with Gasteiger partial charge in [-0.05, 0) is 31.0 Å². The van der Waals surface area contributed by atoms with E-state index in [9.17, 15) is 9.59 Å². The van der Waals surface area contributed by atoms with Gasteiger partial charge in [-0.1, -0.05) is 55.8 Å². The molecule has 0 spiro atoms. The van der Waals surface area contributed by atoms with Gasteiger partial charge in [0.25, 0.3) is 0 Å². The average Bonchev–Trinajstić information content (AvgIpc) is 2.68. The number of nitrogens with one attached hydrogen (secondary N) is 2. The topological polar surface area (TPSA) is 67.4 Å². The van der Waals surface area contributed by atoms with Crippen LogP contribution in [-0.2, 0) is 0 Å². The second-order valence-corrected chi connectivity index (χ2v) is 6.54. The zero-order valence-electron chi connectivity index (χ0n) is 15.6. The number of Topliss-reactive ketones (excluding diaryl/α,β-unsaturated/α-hetero) is 1. The molecule has 5 heteroatoms. The van der Waals surface area contributed by atoms with Crippen molar-refractivity contribution < 1.29 is 14.3 Å². The molecule has 2 N–H and O–H groups in total. The van der Waals surface area contributed by atoms with Crippen molar-refractivity contribution in [1.82, 2.24) is 10.6 Å². The van der Waals surface area contributed by atoms with E-state index in [4.69, 9.17) is 4.74 Å². The van der Waals surface area contributed by atoms with E-state index in [0.717, 1.165) is 24.2 Å². The predicted molar refractivity (Wildman–Crippen MR) is 105 cm³/mol. The number of carbonyl (C=O) groups is 2. The Morgan fingerprint density at radius 3 is 2.44 bits per heavy atom. The average molecular weight is 364 g/mol. The molecule has 27 heavy (non-hydrogen) atoms. The van der Waals surface area contributed by atoms with Gasteiger partial charge in [-0.15, -0.1) is 0 Å². The summed E-state index contributed by atoms with van der Waals surface area (Å²) in [5.74, 6) is 0.679. The van der Waals surface area contributed by atoms with Crippen LogP contribution in [-0.4, -0.2) is 18.4 Å². The van der Waals surface area contributed by atoms with E-state index in [2.05, 4.69) is 17.6 Å². The number of ether oxygens (including phenoxy) is 1. The van der Waals surface area contributed by atoms with Crippen LogP contribution in [0, 0.1) is 0 Å². The van der Waals surface area contributed by atoms with Crippen LogP contribution in [0.1, 0.15) is 48.7 Å². The Morgan fingerprint density at radius 1 is 1.07 bits per heavy atom. The van der Waals surface area contributed by atoms with Gasteiger partial charge < -0.3 is 15.4 Å². The summed E-state index contributed by atoms with van der Waals surface area (Å²) in [4.78, 5) is 25.1. The van der Waals surface area contributed by atoms with Crippen molar-refractivity contribution in [2.75, 3.05) is 6.61 Å². The third-order valence-corrected chi connectivity index (χ3v) is 4.53. The highest BCUT2D eigenvalue weighted by atomic mass is 16.5. The number of hydrogen-bond donors (Lipinski definition) is 2. The second kappa shape index (κ2) is 8.54. The minimum atomic E-state index is -0.504. The highest BCUT2D eigenvalue weighted by Crippen LogP contribution is 2.30. The molecule has 0 aromatic heterocycles. The Morgan fingerprint density at radius 2 is 1.78 bits per heavy atom. The first kappa shape index (κ1) is 18.7. The largest absolute Gasteiger partial charge is 0.494 e. The molecule has 2 aromatic carbocycles. The molecule has 0 saturated carbocycles. The Labute approximate surface area is 159 Å². The standard InChI is InChI=1S/C22H24N2O3/c1-3-4-14-27-18-12-10-16(11-13-18)20-19(15(2)23-22(26)24-20)21(25)17-8-6-5-7-9-17/h5-13,20H,3-4,14H2,1-2H3,(H2,23,24,26). The van der Waals surface area contributed by atoms with Crippen LogP contribution in [0.4, 0.5) is 4.79 Å². The van der Waals surface area contributed by atoms with Crippen molar-refractivity contribution in [3.05, 3.63) is 77.0 Å². The number of urea groups is 1. The van der Waals surface area contributed by atoms with Crippen LogP contribution in [0.3, 0.4) is 0 Å². The molecule has 3 rings (SSSR count). The number of allylic oxidation sites excluding steroid dienone is 1. The van der Waals surface area contributed by atoms with Gasteiger partial charge in [0.05, 0.1) is 12.6 Å². The van der Waals surface area contributed by atoms with E-state index >= 15 is 0 Å². The maximum Gasteiger partial charge on any atom is 0.319 e. The van der Waals surface area contributed by atoms with E-state index in [1.807, 2.05) is 42.5 Å². The molecule has 5 nitrogen and oxygen atoms in total. The summed E-state index contributed by atoms with van der Waals surface area (Å²) in [6, 6.07) is 15.8. The number of hydrogen-bond acceptors (Lipinski definition) is 3. The lowest BCUT2D eigenvalue weighted by molar-refractivity contribution is 0.102. The summed E-state index contributed by atoms with van der Waals surface area (Å²) in [7, 11) is 0. The van der Waals surface area contributed by atoms with Crippen LogP contribution in [0.2, 0.25) is 0 Å². The fraction of sp³-hybridized carbons (Fsp3) is 0.273. The number of benzene rings is 2. The Hall–Kier alpha value is -3.08. The van der Waals surface area contributed by atoms with Gasteiger partial charge in [0.1, 0.15) is 5.75 Å². The molecule has 1 unspecified atom stereocenters. The summed E-state index contributed by atoms with van der Waals surface area (Å²) in [6.45, 7) is 4.55. The zero-order chi connectivity index (χ0) is 19.2. The minimum absolute atomic E-state index is 0.103. The van der Waals surface area contributed by atoms with Crippen molar-refractivity contribution in [1.29, 1.82) is 0 Å². The van der Waals surface area contributed by atoms with Crippen LogP contribution in [0.25, 0.3) is 0 Å². The highest BCUT2D eigenvalue weighted by molar-refractivity contribution is 6.11. The summed E-state index contributed by atoms with van der Waals surface area (Å²) in [6.07, 6.45) is 2.08. The molecule has 2 amide bonds. The first-order valence-corrected chi connectivity index (χ1v) is 9.21. The van der Waals surface area contributed by atoms with Crippen molar-refractivity contribution >= 4 is 11.8 Å². The molecule has 0 bridgehead atoms. The van der Waals surface area contributed by atoms with Gasteiger partial charge in [-0.2, -0.15) is 0 Å². The first-order valence-electron chi connectivity index (χ1n) is 9.21. The number of unbranched alkanes of at least 4 members (excludes halogenated alkanes) is 1. The molecule has 0 saturated heterocycles. The van der Waals surface area contributed by atoms with Gasteiger partial charge >= 0.3 is 6.03 Å². The third kappa shape index (κ3) is 4.37. The maximum atomic E-state index is 13.1. The lowest BCUT2D eigenvalue weighted by Crippen LogP contribution is -2.45. The van der Waals surface area contributed by atoms with Crippen LogP contribution >= 0.6 is 0 Å². The monoisotopic (exact) mass is 364 g/mol. The van der Waals surface area contributed by atoms with Crippen LogP contribution in [0.15, 0.2) is 65.9 Å². The molecule has 1 atom stereocenters. The summed E-state index contributed by atoms with van der Waals surface area (Å²) in [5.41, 5.74) is 2.54. The summed E-state index contributed by atoms with van der Waals surface area (Å²) < 4.78 is 5.70. The number of amides is 2. The number of rotatable bonds is 7. The van der Waals surface area contributed by atoms with Crippen molar-refractivity contribution in [2.45, 2.75) is 32.7 Å². The van der Waals surface area contributed by atoms with Gasteiger partial charge in [0, 0.05) is 16.8 Å². The van der Waals surface area contributed by atoms with Gasteiger partial charge in [-0.25, -0.2) is 4.79 Å². The Bertz CT molecular complexity index is 842. The molecule has 1 aliphatic rings. The first-order chi connectivity index (χ1) is 13.1. The van der Waals surface area contributed by atoms with Gasteiger partial charge in [0.15, 0.2) is 5.78 Å². The number of ketones is 1. The number of carbonyl (C=O) groups excluding carboxylic acids is 2. The SMILES string of the molecule is CCCCOc1ccc(C2NC(=O)NC(C)=C2C(=O)c2ccccc2)cc1. The quantitative estimate of drug-likeness (QED) is 0.566. The fourth-order valence-electron chi connectivity index (χ4n) is 3.08. The maximum absolute atomic E-state index is 13.1. The van der Waals surface area contributed by atoms with Crippen molar-refractivity contribution in [3.63, 3.8) is 0 Å². The lowest BCUT2D eigenvalue weighted by Gasteiger charge is -2.28. The van der Waals surface area contributed by atoms with E-state index in [1.165, 1.54) is 0 Å². The molecule has 0 fully saturated rings. The fourth-order valence-corrected chi connectivity index (χ4v) is 3.08. The van der Waals surface area contributed by atoms with Gasteiger partial charge in [0.2, 0.25) is 0 Å². The molecule has 2 aromatic rings. The highest BCUT2D eigenvalue weighted by Gasteiger charge is 2.31. The Kier molecular flexibility index (Phi) is 5.91. The molecule has 140 valence electrons. The third-order valence-electron chi connectivity index (χ3n) is 4.53. The van der Waals surface area contributed by atoms with E-state index in [-0.39, 0.29) is 11.8 Å². The van der Waals surface area contributed by atoms with Crippen LogP contribution in [0.5, 0.6) is 5.75 Å². The molecule has 0 radical (unpaired) electrons. The molecular weight excluding hydrogens is 340 g/mol. The van der Waals surface area contributed by atoms with Crippen molar-refractivity contribution in [3.8, 4) is 5.75 Å². The second-order valence-electron chi connectivity index (χ2n) is 6.54. The van der Waals surface area contributed by atoms with E-state index < -0.39 is 6.04 Å². The predicted octanol–water partition coefficient (Wildman–Crippen LogP) is 4.38. The normalized spacial score (nSPS) is 16.5. The molecule has 1 aliphatic heterocycles. The van der Waals surface area contributed by atoms with Crippen molar-refractivity contribution in [2.24, 2.45) is 0 Å². The smallest absolute Gasteiger partial charge is 0.319 e. The zero-order valence-corrected chi connectivity index (χ0v) is 15.6. The van der Waals surface area contributed by atoms with Gasteiger partial charge in [-0.3, -0.25) is 4.79 Å². The van der Waals surface area contributed by atoms with E-state index in [1.54, 1.807) is 19.1 Å². The summed E-state index contributed by atoms with van der Waals surface area (Å²) >= 11 is 0. The van der Waals surface area contributed by atoms with Crippen LogP contribution < -0.4 is 15.4 Å².